The highest BCUT2D eigenvalue weighted by molar-refractivity contribution is 7.17. The Morgan fingerprint density at radius 3 is 2.48 bits per heavy atom. The molecule has 0 spiro atoms. The Hall–Kier alpha value is -3.20. The number of aromatic nitrogens is 2. The summed E-state index contributed by atoms with van der Waals surface area (Å²) in [6.07, 6.45) is 0. The van der Waals surface area contributed by atoms with E-state index in [-0.39, 0.29) is 21.1 Å². The summed E-state index contributed by atoms with van der Waals surface area (Å²) in [5.74, 6) is -0.552. The fourth-order valence-electron chi connectivity index (χ4n) is 2.44. The molecule has 8 nitrogen and oxygen atoms in total. The first-order valence-electron chi connectivity index (χ1n) is 7.29. The van der Waals surface area contributed by atoms with Crippen LogP contribution in [0.3, 0.4) is 0 Å². The van der Waals surface area contributed by atoms with E-state index >= 15 is 0 Å². The quantitative estimate of drug-likeness (QED) is 0.572. The Morgan fingerprint density at radius 2 is 1.88 bits per heavy atom. The molecule has 0 bridgehead atoms. The molecular weight excluding hydrogens is 344 g/mol. The second-order valence-electron chi connectivity index (χ2n) is 5.29. The third-order valence-electron chi connectivity index (χ3n) is 3.79. The number of anilines is 1. The number of para-hydroxylation sites is 1. The van der Waals surface area contributed by atoms with E-state index in [9.17, 15) is 19.7 Å². The van der Waals surface area contributed by atoms with Crippen molar-refractivity contribution in [1.82, 2.24) is 9.36 Å². The van der Waals surface area contributed by atoms with E-state index < -0.39 is 10.8 Å². The summed E-state index contributed by atoms with van der Waals surface area (Å²) in [5, 5.41) is 13.2. The monoisotopic (exact) mass is 358 g/mol. The lowest BCUT2D eigenvalue weighted by atomic mass is 10.3. The lowest BCUT2D eigenvalue weighted by Crippen LogP contribution is -2.22. The maximum absolute atomic E-state index is 12.7. The van der Waals surface area contributed by atoms with Crippen LogP contribution in [-0.2, 0) is 7.05 Å². The second-order valence-corrected chi connectivity index (χ2v) is 6.35. The van der Waals surface area contributed by atoms with Crippen molar-refractivity contribution >= 4 is 27.9 Å². The molecule has 0 radical (unpaired) electrons. The predicted octanol–water partition coefficient (Wildman–Crippen LogP) is 2.71. The summed E-state index contributed by atoms with van der Waals surface area (Å²) in [4.78, 5) is 35.4. The Labute approximate surface area is 146 Å². The van der Waals surface area contributed by atoms with Gasteiger partial charge in [-0.15, -0.1) is 0 Å². The summed E-state index contributed by atoms with van der Waals surface area (Å²) in [6.45, 7) is 1.72. The highest BCUT2D eigenvalue weighted by Crippen LogP contribution is 2.25. The molecule has 3 rings (SSSR count). The maximum atomic E-state index is 12.7. The number of thiophene rings is 1. The normalized spacial score (nSPS) is 10.6. The average molecular weight is 358 g/mol. The third kappa shape index (κ3) is 2.96. The van der Waals surface area contributed by atoms with Crippen LogP contribution in [0.1, 0.15) is 15.4 Å². The van der Waals surface area contributed by atoms with Crippen molar-refractivity contribution < 1.29 is 9.72 Å². The summed E-state index contributed by atoms with van der Waals surface area (Å²) >= 11 is 0.761. The molecule has 0 aliphatic carbocycles. The van der Waals surface area contributed by atoms with Crippen molar-refractivity contribution in [3.8, 4) is 5.69 Å². The van der Waals surface area contributed by atoms with Gasteiger partial charge in [0.25, 0.3) is 11.5 Å². The number of nitrogens with zero attached hydrogens (tertiary/aromatic N) is 3. The smallest absolute Gasteiger partial charge is 0.315 e. The molecule has 0 fully saturated rings. The summed E-state index contributed by atoms with van der Waals surface area (Å²) in [5.41, 5.74) is 1.02. The summed E-state index contributed by atoms with van der Waals surface area (Å²) < 4.78 is 3.09. The van der Waals surface area contributed by atoms with Gasteiger partial charge in [-0.3, -0.25) is 24.4 Å². The SMILES string of the molecule is Cc1c(NC(=O)c2ccc([N+](=O)[O-])s2)c(=O)n(-c2ccccc2)n1C. The van der Waals surface area contributed by atoms with Gasteiger partial charge in [-0.25, -0.2) is 4.68 Å². The highest BCUT2D eigenvalue weighted by Gasteiger charge is 2.21. The van der Waals surface area contributed by atoms with Gasteiger partial charge < -0.3 is 5.32 Å². The van der Waals surface area contributed by atoms with Crippen LogP contribution in [0, 0.1) is 17.0 Å². The zero-order chi connectivity index (χ0) is 18.1. The fraction of sp³-hybridized carbons (Fsp3) is 0.125. The molecule has 1 aromatic carbocycles. The van der Waals surface area contributed by atoms with Gasteiger partial charge in [-0.1, -0.05) is 29.5 Å². The summed E-state index contributed by atoms with van der Waals surface area (Å²) in [7, 11) is 1.72. The number of hydrogen-bond donors (Lipinski definition) is 1. The van der Waals surface area contributed by atoms with Crippen molar-refractivity contribution in [3.05, 3.63) is 73.5 Å². The van der Waals surface area contributed by atoms with Crippen LogP contribution in [0.2, 0.25) is 0 Å². The van der Waals surface area contributed by atoms with E-state index in [2.05, 4.69) is 5.32 Å². The van der Waals surface area contributed by atoms with Gasteiger partial charge in [0.1, 0.15) is 5.69 Å². The minimum absolute atomic E-state index is 0.128. The van der Waals surface area contributed by atoms with Crippen molar-refractivity contribution in [2.75, 3.05) is 5.32 Å². The Morgan fingerprint density at radius 1 is 1.20 bits per heavy atom. The third-order valence-corrected chi connectivity index (χ3v) is 4.82. The number of hydrogen-bond acceptors (Lipinski definition) is 5. The van der Waals surface area contributed by atoms with Crippen LogP contribution in [0.25, 0.3) is 5.69 Å². The van der Waals surface area contributed by atoms with E-state index in [1.165, 1.54) is 16.8 Å². The minimum Gasteiger partial charge on any atom is -0.315 e. The number of nitrogens with one attached hydrogen (secondary N) is 1. The van der Waals surface area contributed by atoms with Gasteiger partial charge in [-0.05, 0) is 25.1 Å². The van der Waals surface area contributed by atoms with Crippen LogP contribution >= 0.6 is 11.3 Å². The molecule has 0 saturated carbocycles. The van der Waals surface area contributed by atoms with E-state index in [1.807, 2.05) is 18.2 Å². The molecule has 1 N–H and O–H groups in total. The van der Waals surface area contributed by atoms with E-state index in [0.717, 1.165) is 11.3 Å². The first-order valence-corrected chi connectivity index (χ1v) is 8.11. The predicted molar refractivity (Wildman–Crippen MR) is 94.7 cm³/mol. The van der Waals surface area contributed by atoms with Crippen LogP contribution in [0.4, 0.5) is 10.7 Å². The zero-order valence-corrected chi connectivity index (χ0v) is 14.2. The molecule has 2 heterocycles. The van der Waals surface area contributed by atoms with Crippen molar-refractivity contribution in [2.24, 2.45) is 7.05 Å². The number of carbonyl (C=O) groups excluding carboxylic acids is 1. The van der Waals surface area contributed by atoms with E-state index in [1.54, 1.807) is 30.8 Å². The lowest BCUT2D eigenvalue weighted by molar-refractivity contribution is -0.380. The molecular formula is C16H14N4O4S. The molecule has 0 atom stereocenters. The van der Waals surface area contributed by atoms with Crippen molar-refractivity contribution in [1.29, 1.82) is 0 Å². The average Bonchev–Trinajstić information content (AvgIpc) is 3.16. The van der Waals surface area contributed by atoms with E-state index in [0.29, 0.717) is 11.4 Å². The number of nitro groups is 1. The van der Waals surface area contributed by atoms with Gasteiger partial charge >= 0.3 is 5.00 Å². The first-order chi connectivity index (χ1) is 11.9. The van der Waals surface area contributed by atoms with E-state index in [4.69, 9.17) is 0 Å². The Kier molecular flexibility index (Phi) is 4.24. The Balaban J connectivity index is 1.97. The number of amides is 1. The number of carbonyl (C=O) groups is 1. The molecule has 0 saturated heterocycles. The molecule has 128 valence electrons. The van der Waals surface area contributed by atoms with Gasteiger partial charge in [0.05, 0.1) is 21.2 Å². The van der Waals surface area contributed by atoms with Crippen LogP contribution < -0.4 is 10.9 Å². The number of benzene rings is 1. The van der Waals surface area contributed by atoms with Gasteiger partial charge in [0, 0.05) is 13.1 Å². The van der Waals surface area contributed by atoms with Crippen LogP contribution in [0.5, 0.6) is 0 Å². The van der Waals surface area contributed by atoms with Gasteiger partial charge in [0.2, 0.25) is 0 Å². The van der Waals surface area contributed by atoms with Crippen molar-refractivity contribution in [2.45, 2.75) is 6.92 Å². The molecule has 9 heteroatoms. The first kappa shape index (κ1) is 16.7. The molecule has 1 amide bonds. The lowest BCUT2D eigenvalue weighted by Gasteiger charge is -2.07. The van der Waals surface area contributed by atoms with Gasteiger partial charge in [-0.2, -0.15) is 0 Å². The van der Waals surface area contributed by atoms with Crippen LogP contribution in [-0.4, -0.2) is 20.2 Å². The molecule has 3 aromatic rings. The molecule has 0 unspecified atom stereocenters. The standard InChI is InChI=1S/C16H14N4O4S/c1-10-14(17-15(21)12-8-9-13(25-12)20(23)24)16(22)19(18(10)2)11-6-4-3-5-7-11/h3-9H,1-2H3,(H,17,21). The highest BCUT2D eigenvalue weighted by atomic mass is 32.1. The molecule has 0 aliphatic heterocycles. The Bertz CT molecular complexity index is 1020. The largest absolute Gasteiger partial charge is 0.324 e. The fourth-order valence-corrected chi connectivity index (χ4v) is 3.15. The second kappa shape index (κ2) is 6.36. The molecule has 0 aliphatic rings. The van der Waals surface area contributed by atoms with Crippen molar-refractivity contribution in [3.63, 3.8) is 0 Å². The van der Waals surface area contributed by atoms with Crippen LogP contribution in [0.15, 0.2) is 47.3 Å². The topological polar surface area (TPSA) is 99.2 Å². The van der Waals surface area contributed by atoms with Gasteiger partial charge in [0.15, 0.2) is 0 Å². The maximum Gasteiger partial charge on any atom is 0.324 e. The zero-order valence-electron chi connectivity index (χ0n) is 13.4. The summed E-state index contributed by atoms with van der Waals surface area (Å²) in [6, 6.07) is 11.7. The molecule has 25 heavy (non-hydrogen) atoms. The minimum atomic E-state index is -0.558. The molecule has 2 aromatic heterocycles. The number of rotatable bonds is 4.